The van der Waals surface area contributed by atoms with Crippen molar-refractivity contribution >= 4 is 0 Å². The summed E-state index contributed by atoms with van der Waals surface area (Å²) in [5.41, 5.74) is 0. The number of hydrogen-bond acceptors (Lipinski definition) is 2. The molecule has 13 heavy (non-hydrogen) atoms. The largest absolute Gasteiger partial charge is 0.309 e. The maximum atomic E-state index is 2.33. The van der Waals surface area contributed by atoms with Crippen LogP contribution in [0.4, 0.5) is 0 Å². The van der Waals surface area contributed by atoms with E-state index in [1.807, 2.05) is 0 Å². The van der Waals surface area contributed by atoms with Crippen LogP contribution in [0.2, 0.25) is 0 Å². The third kappa shape index (κ3) is 3.65. The molecular weight excluding hydrogens is 160 g/mol. The first-order valence-corrected chi connectivity index (χ1v) is 5.39. The van der Waals surface area contributed by atoms with Gasteiger partial charge in [0.1, 0.15) is 0 Å². The fraction of sp³-hybridized carbons (Fsp3) is 1.00. The van der Waals surface area contributed by atoms with Crippen LogP contribution in [0.25, 0.3) is 0 Å². The van der Waals surface area contributed by atoms with Crippen molar-refractivity contribution in [1.29, 1.82) is 0 Å². The van der Waals surface area contributed by atoms with E-state index in [2.05, 4.69) is 38.0 Å². The molecule has 1 fully saturated rings. The Bertz CT molecular complexity index is 127. The lowest BCUT2D eigenvalue weighted by molar-refractivity contribution is 0.229. The monoisotopic (exact) mass is 184 g/mol. The van der Waals surface area contributed by atoms with E-state index in [-0.39, 0.29) is 0 Å². The number of hydrogen-bond donors (Lipinski definition) is 0. The molecule has 0 heterocycles. The fourth-order valence-electron chi connectivity index (χ4n) is 2.53. The quantitative estimate of drug-likeness (QED) is 0.654. The van der Waals surface area contributed by atoms with Gasteiger partial charge in [-0.2, -0.15) is 0 Å². The van der Waals surface area contributed by atoms with Crippen LogP contribution in [0.3, 0.4) is 0 Å². The van der Waals surface area contributed by atoms with Crippen LogP contribution in [-0.4, -0.2) is 51.1 Å². The van der Waals surface area contributed by atoms with Crippen LogP contribution in [0.15, 0.2) is 0 Å². The molecule has 2 atom stereocenters. The van der Waals surface area contributed by atoms with Crippen LogP contribution in [0.5, 0.6) is 0 Å². The van der Waals surface area contributed by atoms with Crippen LogP contribution in [0.1, 0.15) is 19.3 Å². The lowest BCUT2D eigenvalue weighted by Gasteiger charge is -2.25. The second-order valence-corrected chi connectivity index (χ2v) is 4.98. The Morgan fingerprint density at radius 1 is 0.846 bits per heavy atom. The molecule has 0 N–H and O–H groups in total. The van der Waals surface area contributed by atoms with E-state index in [4.69, 9.17) is 0 Å². The minimum Gasteiger partial charge on any atom is -0.309 e. The van der Waals surface area contributed by atoms with Crippen molar-refractivity contribution in [3.8, 4) is 0 Å². The van der Waals surface area contributed by atoms with Crippen molar-refractivity contribution in [2.75, 3.05) is 41.3 Å². The molecule has 2 unspecified atom stereocenters. The van der Waals surface area contributed by atoms with E-state index >= 15 is 0 Å². The molecule has 2 heteroatoms. The smallest absolute Gasteiger partial charge is 0.000669 e. The topological polar surface area (TPSA) is 6.48 Å². The van der Waals surface area contributed by atoms with Gasteiger partial charge in [-0.25, -0.2) is 0 Å². The highest BCUT2D eigenvalue weighted by Gasteiger charge is 2.27. The van der Waals surface area contributed by atoms with E-state index in [0.29, 0.717) is 0 Å². The highest BCUT2D eigenvalue weighted by molar-refractivity contribution is 4.80. The summed E-state index contributed by atoms with van der Waals surface area (Å²) < 4.78 is 0. The second-order valence-electron chi connectivity index (χ2n) is 4.98. The molecule has 0 aliphatic heterocycles. The Labute approximate surface area is 82.9 Å². The second kappa shape index (κ2) is 4.97. The number of nitrogens with zero attached hydrogens (tertiary/aromatic N) is 2. The lowest BCUT2D eigenvalue weighted by Crippen LogP contribution is -2.30. The predicted octanol–water partition coefficient (Wildman–Crippen LogP) is 1.53. The summed E-state index contributed by atoms with van der Waals surface area (Å²) in [5.74, 6) is 1.88. The molecule has 0 bridgehead atoms. The molecule has 2 nitrogen and oxygen atoms in total. The molecule has 0 aromatic carbocycles. The molecule has 0 aromatic rings. The van der Waals surface area contributed by atoms with Crippen LogP contribution in [-0.2, 0) is 0 Å². The highest BCUT2D eigenvalue weighted by Crippen LogP contribution is 2.32. The van der Waals surface area contributed by atoms with E-state index in [9.17, 15) is 0 Å². The van der Waals surface area contributed by atoms with Gasteiger partial charge in [0.05, 0.1) is 0 Å². The van der Waals surface area contributed by atoms with Gasteiger partial charge in [0.2, 0.25) is 0 Å². The summed E-state index contributed by atoms with van der Waals surface area (Å²) in [6, 6.07) is 0. The molecule has 1 aliphatic rings. The summed E-state index contributed by atoms with van der Waals surface area (Å²) in [6.45, 7) is 2.55. The molecule has 78 valence electrons. The van der Waals surface area contributed by atoms with Crippen molar-refractivity contribution in [1.82, 2.24) is 9.80 Å². The molecule has 1 saturated carbocycles. The first-order valence-electron chi connectivity index (χ1n) is 5.39. The SMILES string of the molecule is CN(C)CC1CCCC1CN(C)C. The van der Waals surface area contributed by atoms with E-state index < -0.39 is 0 Å². The van der Waals surface area contributed by atoms with Gasteiger partial charge in [0.15, 0.2) is 0 Å². The number of rotatable bonds is 4. The van der Waals surface area contributed by atoms with Crippen molar-refractivity contribution in [2.24, 2.45) is 11.8 Å². The van der Waals surface area contributed by atoms with E-state index in [1.165, 1.54) is 32.4 Å². The zero-order chi connectivity index (χ0) is 9.84. The highest BCUT2D eigenvalue weighted by atomic mass is 15.1. The maximum Gasteiger partial charge on any atom is 0.000669 e. The predicted molar refractivity (Wildman–Crippen MR) is 57.9 cm³/mol. The Morgan fingerprint density at radius 2 is 1.23 bits per heavy atom. The van der Waals surface area contributed by atoms with Crippen molar-refractivity contribution in [3.05, 3.63) is 0 Å². The van der Waals surface area contributed by atoms with Gasteiger partial charge < -0.3 is 9.80 Å². The van der Waals surface area contributed by atoms with E-state index in [0.717, 1.165) is 11.8 Å². The summed E-state index contributed by atoms with van der Waals surface area (Å²) in [7, 11) is 8.74. The van der Waals surface area contributed by atoms with Gasteiger partial charge >= 0.3 is 0 Å². The maximum absolute atomic E-state index is 2.33. The zero-order valence-electron chi connectivity index (χ0n) is 9.58. The Kier molecular flexibility index (Phi) is 4.20. The van der Waals surface area contributed by atoms with Crippen molar-refractivity contribution < 1.29 is 0 Å². The summed E-state index contributed by atoms with van der Waals surface area (Å²) in [6.07, 6.45) is 4.32. The Morgan fingerprint density at radius 3 is 1.54 bits per heavy atom. The average molecular weight is 184 g/mol. The van der Waals surface area contributed by atoms with Gasteiger partial charge in [0, 0.05) is 13.1 Å². The molecule has 0 radical (unpaired) electrons. The standard InChI is InChI=1S/C11H24N2/c1-12(2)8-10-6-5-7-11(10)9-13(3)4/h10-11H,5-9H2,1-4H3. The third-order valence-corrected chi connectivity index (χ3v) is 3.02. The normalized spacial score (nSPS) is 29.1. The Balaban J connectivity index is 2.35. The molecule has 1 aliphatic carbocycles. The first kappa shape index (κ1) is 11.0. The van der Waals surface area contributed by atoms with Gasteiger partial charge in [-0.05, 0) is 52.9 Å². The minimum absolute atomic E-state index is 0.942. The zero-order valence-corrected chi connectivity index (χ0v) is 9.58. The first-order chi connectivity index (χ1) is 6.09. The summed E-state index contributed by atoms with van der Waals surface area (Å²) >= 11 is 0. The fourth-order valence-corrected chi connectivity index (χ4v) is 2.53. The average Bonchev–Trinajstić information content (AvgIpc) is 2.34. The molecular formula is C11H24N2. The van der Waals surface area contributed by atoms with Crippen molar-refractivity contribution in [3.63, 3.8) is 0 Å². The molecule has 0 saturated heterocycles. The van der Waals surface area contributed by atoms with Gasteiger partial charge in [-0.15, -0.1) is 0 Å². The molecule has 0 spiro atoms. The Hall–Kier alpha value is -0.0800. The van der Waals surface area contributed by atoms with Gasteiger partial charge in [0.25, 0.3) is 0 Å². The summed E-state index contributed by atoms with van der Waals surface area (Å²) in [5, 5.41) is 0. The lowest BCUT2D eigenvalue weighted by atomic mass is 9.95. The third-order valence-electron chi connectivity index (χ3n) is 3.02. The molecule has 1 rings (SSSR count). The minimum atomic E-state index is 0.942. The van der Waals surface area contributed by atoms with Crippen LogP contribution < -0.4 is 0 Å². The molecule has 0 amide bonds. The van der Waals surface area contributed by atoms with Crippen LogP contribution >= 0.6 is 0 Å². The van der Waals surface area contributed by atoms with Gasteiger partial charge in [-0.1, -0.05) is 6.42 Å². The molecule has 0 aromatic heterocycles. The summed E-state index contributed by atoms with van der Waals surface area (Å²) in [4.78, 5) is 4.66. The van der Waals surface area contributed by atoms with Gasteiger partial charge in [-0.3, -0.25) is 0 Å². The van der Waals surface area contributed by atoms with E-state index in [1.54, 1.807) is 0 Å². The van der Waals surface area contributed by atoms with Crippen LogP contribution in [0, 0.1) is 11.8 Å². The van der Waals surface area contributed by atoms with Crippen molar-refractivity contribution in [2.45, 2.75) is 19.3 Å².